The Hall–Kier alpha value is -0.990. The molecule has 2 rings (SSSR count). The first-order chi connectivity index (χ1) is 8.46. The first-order valence-corrected chi connectivity index (χ1v) is 7.80. The summed E-state index contributed by atoms with van der Waals surface area (Å²) < 4.78 is 30.7. The molecule has 1 aliphatic heterocycles. The standard InChI is InChI=1S/C10H14N2O4S2/c1-7-3-4-12(5-7)18(14,15)10-8(9(13)16-2)11-6-17-10/h6-7H,3-5H2,1-2H3. The van der Waals surface area contributed by atoms with Crippen molar-refractivity contribution in [2.45, 2.75) is 17.6 Å². The highest BCUT2D eigenvalue weighted by Crippen LogP contribution is 2.28. The lowest BCUT2D eigenvalue weighted by atomic mass is 10.2. The van der Waals surface area contributed by atoms with Crippen LogP contribution >= 0.6 is 11.3 Å². The van der Waals surface area contributed by atoms with E-state index in [4.69, 9.17) is 0 Å². The molecule has 0 spiro atoms. The Balaban J connectivity index is 2.36. The first-order valence-electron chi connectivity index (χ1n) is 5.48. The fraction of sp³-hybridized carbons (Fsp3) is 0.600. The Morgan fingerprint density at radius 3 is 2.89 bits per heavy atom. The van der Waals surface area contributed by atoms with Gasteiger partial charge in [-0.2, -0.15) is 4.31 Å². The van der Waals surface area contributed by atoms with E-state index in [1.807, 2.05) is 6.92 Å². The van der Waals surface area contributed by atoms with Gasteiger partial charge in [-0.05, 0) is 12.3 Å². The topological polar surface area (TPSA) is 76.6 Å². The van der Waals surface area contributed by atoms with Crippen molar-refractivity contribution in [3.8, 4) is 0 Å². The minimum atomic E-state index is -3.63. The molecule has 6 nitrogen and oxygen atoms in total. The third-order valence-corrected chi connectivity index (χ3v) is 6.09. The summed E-state index contributed by atoms with van der Waals surface area (Å²) in [4.78, 5) is 15.2. The van der Waals surface area contributed by atoms with Gasteiger partial charge in [-0.15, -0.1) is 11.3 Å². The molecule has 0 saturated carbocycles. The molecule has 1 unspecified atom stereocenters. The number of nitrogens with zero attached hydrogens (tertiary/aromatic N) is 2. The highest BCUT2D eigenvalue weighted by Gasteiger charge is 2.35. The number of methoxy groups -OCH3 is 1. The highest BCUT2D eigenvalue weighted by molar-refractivity contribution is 7.91. The van der Waals surface area contributed by atoms with Gasteiger partial charge in [-0.1, -0.05) is 6.92 Å². The van der Waals surface area contributed by atoms with Crippen molar-refractivity contribution < 1.29 is 17.9 Å². The third-order valence-electron chi connectivity index (χ3n) is 2.87. The van der Waals surface area contributed by atoms with Gasteiger partial charge in [0.15, 0.2) is 9.90 Å². The summed E-state index contributed by atoms with van der Waals surface area (Å²) in [7, 11) is -2.42. The summed E-state index contributed by atoms with van der Waals surface area (Å²) in [5.41, 5.74) is 1.22. The van der Waals surface area contributed by atoms with Gasteiger partial charge in [0.25, 0.3) is 10.0 Å². The molecule has 0 aromatic carbocycles. The van der Waals surface area contributed by atoms with E-state index in [2.05, 4.69) is 9.72 Å². The predicted molar refractivity (Wildman–Crippen MR) is 66.0 cm³/mol. The van der Waals surface area contributed by atoms with Crippen molar-refractivity contribution in [2.75, 3.05) is 20.2 Å². The summed E-state index contributed by atoms with van der Waals surface area (Å²) in [5.74, 6) is -0.378. The largest absolute Gasteiger partial charge is 0.464 e. The van der Waals surface area contributed by atoms with Crippen LogP contribution in [0.5, 0.6) is 0 Å². The zero-order valence-corrected chi connectivity index (χ0v) is 11.8. The number of hydrogen-bond acceptors (Lipinski definition) is 6. The molecule has 0 N–H and O–H groups in total. The number of hydrogen-bond donors (Lipinski definition) is 0. The van der Waals surface area contributed by atoms with Gasteiger partial charge in [-0.25, -0.2) is 18.2 Å². The Bertz CT molecular complexity index is 552. The molecular weight excluding hydrogens is 276 g/mol. The summed E-state index contributed by atoms with van der Waals surface area (Å²) in [6, 6.07) is 0. The Morgan fingerprint density at radius 1 is 1.61 bits per heavy atom. The number of esters is 1. The Kier molecular flexibility index (Phi) is 3.69. The van der Waals surface area contributed by atoms with Crippen LogP contribution in [0.1, 0.15) is 23.8 Å². The molecule has 1 aliphatic rings. The van der Waals surface area contributed by atoms with Gasteiger partial charge in [0.1, 0.15) is 0 Å². The van der Waals surface area contributed by atoms with Crippen LogP contribution in [0.2, 0.25) is 0 Å². The van der Waals surface area contributed by atoms with Crippen LogP contribution in [0.15, 0.2) is 9.72 Å². The van der Waals surface area contributed by atoms with Gasteiger partial charge < -0.3 is 4.74 Å². The number of carbonyl (C=O) groups excluding carboxylic acids is 1. The lowest BCUT2D eigenvalue weighted by Gasteiger charge is -2.14. The number of rotatable bonds is 3. The van der Waals surface area contributed by atoms with Crippen LogP contribution in [0.4, 0.5) is 0 Å². The van der Waals surface area contributed by atoms with Crippen molar-refractivity contribution in [3.05, 3.63) is 11.2 Å². The van der Waals surface area contributed by atoms with Crippen LogP contribution in [0.25, 0.3) is 0 Å². The normalized spacial score (nSPS) is 21.1. The second kappa shape index (κ2) is 4.94. The van der Waals surface area contributed by atoms with E-state index in [0.29, 0.717) is 19.0 Å². The average Bonchev–Trinajstić information content (AvgIpc) is 2.96. The number of carbonyl (C=O) groups is 1. The maximum absolute atomic E-state index is 12.4. The van der Waals surface area contributed by atoms with Crippen molar-refractivity contribution in [3.63, 3.8) is 0 Å². The van der Waals surface area contributed by atoms with Crippen LogP contribution < -0.4 is 0 Å². The van der Waals surface area contributed by atoms with Crippen LogP contribution in [-0.2, 0) is 14.8 Å². The van der Waals surface area contributed by atoms with Crippen molar-refractivity contribution >= 4 is 27.3 Å². The second-order valence-electron chi connectivity index (χ2n) is 4.24. The smallest absolute Gasteiger partial charge is 0.358 e. The zero-order chi connectivity index (χ0) is 13.3. The monoisotopic (exact) mass is 290 g/mol. The maximum Gasteiger partial charge on any atom is 0.358 e. The third kappa shape index (κ3) is 2.27. The Labute approximate surface area is 110 Å². The molecule has 2 heterocycles. The van der Waals surface area contributed by atoms with E-state index in [1.165, 1.54) is 16.9 Å². The van der Waals surface area contributed by atoms with E-state index in [1.54, 1.807) is 0 Å². The summed E-state index contributed by atoms with van der Waals surface area (Å²) >= 11 is 0.947. The minimum absolute atomic E-state index is 0.0246. The van der Waals surface area contributed by atoms with Gasteiger partial charge in [0, 0.05) is 13.1 Å². The summed E-state index contributed by atoms with van der Waals surface area (Å²) in [6.45, 7) is 2.98. The van der Waals surface area contributed by atoms with Crippen molar-refractivity contribution in [1.29, 1.82) is 0 Å². The van der Waals surface area contributed by atoms with E-state index in [0.717, 1.165) is 17.8 Å². The first kappa shape index (κ1) is 13.4. The van der Waals surface area contributed by atoms with E-state index in [-0.39, 0.29) is 9.90 Å². The lowest BCUT2D eigenvalue weighted by Crippen LogP contribution is -2.29. The molecule has 8 heteroatoms. The van der Waals surface area contributed by atoms with E-state index in [9.17, 15) is 13.2 Å². The zero-order valence-electron chi connectivity index (χ0n) is 10.1. The molecule has 0 amide bonds. The lowest BCUT2D eigenvalue weighted by molar-refractivity contribution is 0.0590. The van der Waals surface area contributed by atoms with Crippen molar-refractivity contribution in [1.82, 2.24) is 9.29 Å². The molecule has 0 bridgehead atoms. The SMILES string of the molecule is COC(=O)c1ncsc1S(=O)(=O)N1CCC(C)C1. The molecule has 18 heavy (non-hydrogen) atoms. The van der Waals surface area contributed by atoms with Gasteiger partial charge >= 0.3 is 5.97 Å². The highest BCUT2D eigenvalue weighted by atomic mass is 32.2. The number of ether oxygens (including phenoxy) is 1. The molecule has 1 aromatic heterocycles. The van der Waals surface area contributed by atoms with Crippen molar-refractivity contribution in [2.24, 2.45) is 5.92 Å². The summed E-state index contributed by atoms with van der Waals surface area (Å²) in [5, 5.41) is 0. The predicted octanol–water partition coefficient (Wildman–Crippen LogP) is 0.960. The Morgan fingerprint density at radius 2 is 2.33 bits per heavy atom. The molecular formula is C10H14N2O4S2. The van der Waals surface area contributed by atoms with Crippen LogP contribution in [-0.4, -0.2) is 43.9 Å². The molecule has 100 valence electrons. The van der Waals surface area contributed by atoms with Gasteiger partial charge in [0.2, 0.25) is 0 Å². The van der Waals surface area contributed by atoms with Gasteiger partial charge in [0.05, 0.1) is 12.6 Å². The minimum Gasteiger partial charge on any atom is -0.464 e. The fourth-order valence-corrected chi connectivity index (χ4v) is 4.73. The number of thiazole rings is 1. The molecule has 0 radical (unpaired) electrons. The molecule has 1 saturated heterocycles. The fourth-order valence-electron chi connectivity index (χ4n) is 1.88. The molecule has 1 atom stereocenters. The number of sulfonamides is 1. The number of aromatic nitrogens is 1. The molecule has 1 fully saturated rings. The van der Waals surface area contributed by atoms with Crippen LogP contribution in [0.3, 0.4) is 0 Å². The summed E-state index contributed by atoms with van der Waals surface area (Å²) in [6.07, 6.45) is 0.839. The quantitative estimate of drug-likeness (QED) is 0.775. The van der Waals surface area contributed by atoms with E-state index < -0.39 is 16.0 Å². The second-order valence-corrected chi connectivity index (χ2v) is 7.22. The molecule has 1 aromatic rings. The van der Waals surface area contributed by atoms with E-state index >= 15 is 0 Å². The van der Waals surface area contributed by atoms with Gasteiger partial charge in [-0.3, -0.25) is 0 Å². The van der Waals surface area contributed by atoms with Crippen LogP contribution in [0, 0.1) is 5.92 Å². The molecule has 0 aliphatic carbocycles. The maximum atomic E-state index is 12.4. The average molecular weight is 290 g/mol.